The van der Waals surface area contributed by atoms with Gasteiger partial charge in [0.05, 0.1) is 5.60 Å². The van der Waals surface area contributed by atoms with Crippen molar-refractivity contribution >= 4 is 5.78 Å². The molecule has 2 aliphatic carbocycles. The lowest BCUT2D eigenvalue weighted by Gasteiger charge is -2.42. The molecule has 2 saturated carbocycles. The van der Waals surface area contributed by atoms with Crippen LogP contribution < -0.4 is 0 Å². The van der Waals surface area contributed by atoms with Gasteiger partial charge in [0.1, 0.15) is 5.78 Å². The molecule has 0 unspecified atom stereocenters. The molecule has 2 heteroatoms. The van der Waals surface area contributed by atoms with Gasteiger partial charge in [-0.15, -0.1) is 0 Å². The fraction of sp³-hybridized carbons (Fsp3) is 0.900. The highest BCUT2D eigenvalue weighted by molar-refractivity contribution is 5.80. The molecular weight excluding hydrogens is 152 g/mol. The zero-order valence-corrected chi connectivity index (χ0v) is 7.38. The third-order valence-electron chi connectivity index (χ3n) is 3.45. The number of hydrogen-bond acceptors (Lipinski definition) is 2. The summed E-state index contributed by atoms with van der Waals surface area (Å²) in [6.45, 7) is 0. The summed E-state index contributed by atoms with van der Waals surface area (Å²) < 4.78 is 0. The fourth-order valence-corrected chi connectivity index (χ4v) is 2.71. The van der Waals surface area contributed by atoms with Crippen LogP contribution in [0.15, 0.2) is 0 Å². The summed E-state index contributed by atoms with van der Waals surface area (Å²) in [6, 6.07) is 0. The summed E-state index contributed by atoms with van der Waals surface area (Å²) in [7, 11) is 0. The van der Waals surface area contributed by atoms with Crippen LogP contribution in [0.25, 0.3) is 0 Å². The Morgan fingerprint density at radius 1 is 1.33 bits per heavy atom. The minimum Gasteiger partial charge on any atom is -0.389 e. The number of ketones is 1. The molecule has 2 nitrogen and oxygen atoms in total. The summed E-state index contributed by atoms with van der Waals surface area (Å²) in [4.78, 5) is 11.2. The van der Waals surface area contributed by atoms with Crippen LogP contribution in [0.2, 0.25) is 0 Å². The summed E-state index contributed by atoms with van der Waals surface area (Å²) >= 11 is 0. The molecule has 0 radical (unpaired) electrons. The molecule has 0 saturated heterocycles. The predicted octanol–water partition coefficient (Wildman–Crippen LogP) is 1.66. The van der Waals surface area contributed by atoms with E-state index in [0.29, 0.717) is 18.8 Å². The second-order valence-corrected chi connectivity index (χ2v) is 4.30. The highest BCUT2D eigenvalue weighted by Crippen LogP contribution is 2.42. The van der Waals surface area contributed by atoms with Gasteiger partial charge in [-0.05, 0) is 25.2 Å². The van der Waals surface area contributed by atoms with Crippen molar-refractivity contribution in [1.29, 1.82) is 0 Å². The van der Waals surface area contributed by atoms with Crippen LogP contribution >= 0.6 is 0 Å². The van der Waals surface area contributed by atoms with E-state index < -0.39 is 5.60 Å². The lowest BCUT2D eigenvalue weighted by atomic mass is 9.67. The Kier molecular flexibility index (Phi) is 1.95. The normalized spacial score (nSPS) is 42.4. The van der Waals surface area contributed by atoms with Gasteiger partial charge < -0.3 is 5.11 Å². The molecule has 0 heterocycles. The molecule has 1 N–H and O–H groups in total. The van der Waals surface area contributed by atoms with Gasteiger partial charge in [-0.25, -0.2) is 0 Å². The number of carbonyl (C=O) groups excluding carboxylic acids is 1. The monoisotopic (exact) mass is 168 g/mol. The van der Waals surface area contributed by atoms with E-state index in [1.165, 1.54) is 6.42 Å². The molecule has 12 heavy (non-hydrogen) atoms. The predicted molar refractivity (Wildman–Crippen MR) is 45.8 cm³/mol. The minimum absolute atomic E-state index is 0.260. The van der Waals surface area contributed by atoms with Crippen LogP contribution in [0.4, 0.5) is 0 Å². The van der Waals surface area contributed by atoms with E-state index in [1.807, 2.05) is 0 Å². The number of hydrogen-bond donors (Lipinski definition) is 1. The molecule has 2 aliphatic rings. The number of rotatable bonds is 0. The highest BCUT2D eigenvalue weighted by Gasteiger charge is 2.43. The maximum atomic E-state index is 11.2. The smallest absolute Gasteiger partial charge is 0.135 e. The van der Waals surface area contributed by atoms with E-state index in [-0.39, 0.29) is 5.78 Å². The second-order valence-electron chi connectivity index (χ2n) is 4.30. The molecule has 2 atom stereocenters. The third-order valence-corrected chi connectivity index (χ3v) is 3.45. The third kappa shape index (κ3) is 1.28. The van der Waals surface area contributed by atoms with Crippen LogP contribution in [0.5, 0.6) is 0 Å². The van der Waals surface area contributed by atoms with Crippen LogP contribution in [0.1, 0.15) is 44.9 Å². The van der Waals surface area contributed by atoms with Gasteiger partial charge in [0.2, 0.25) is 0 Å². The zero-order valence-electron chi connectivity index (χ0n) is 7.38. The first kappa shape index (κ1) is 8.24. The lowest BCUT2D eigenvalue weighted by molar-refractivity contribution is -0.136. The molecule has 0 aromatic carbocycles. The van der Waals surface area contributed by atoms with Crippen molar-refractivity contribution < 1.29 is 9.90 Å². The Morgan fingerprint density at radius 3 is 3.00 bits per heavy atom. The Balaban J connectivity index is 2.12. The van der Waals surface area contributed by atoms with Crippen molar-refractivity contribution in [2.24, 2.45) is 5.92 Å². The van der Waals surface area contributed by atoms with Gasteiger partial charge in [-0.2, -0.15) is 0 Å². The quantitative estimate of drug-likeness (QED) is 0.597. The van der Waals surface area contributed by atoms with Crippen LogP contribution in [-0.2, 0) is 4.79 Å². The fourth-order valence-electron chi connectivity index (χ4n) is 2.71. The molecule has 2 fully saturated rings. The van der Waals surface area contributed by atoms with E-state index in [2.05, 4.69) is 0 Å². The van der Waals surface area contributed by atoms with Gasteiger partial charge >= 0.3 is 0 Å². The Morgan fingerprint density at radius 2 is 2.17 bits per heavy atom. The van der Waals surface area contributed by atoms with Crippen molar-refractivity contribution in [3.8, 4) is 0 Å². The van der Waals surface area contributed by atoms with Gasteiger partial charge in [0.15, 0.2) is 0 Å². The average molecular weight is 168 g/mol. The van der Waals surface area contributed by atoms with E-state index in [0.717, 1.165) is 25.7 Å². The number of carbonyl (C=O) groups is 1. The lowest BCUT2D eigenvalue weighted by Crippen LogP contribution is -2.45. The van der Waals surface area contributed by atoms with E-state index in [4.69, 9.17) is 0 Å². The summed E-state index contributed by atoms with van der Waals surface area (Å²) in [6.07, 6.45) is 6.37. The van der Waals surface area contributed by atoms with Gasteiger partial charge in [-0.1, -0.05) is 12.8 Å². The molecule has 0 bridgehead atoms. The van der Waals surface area contributed by atoms with Gasteiger partial charge in [-0.3, -0.25) is 4.79 Å². The Hall–Kier alpha value is -0.370. The van der Waals surface area contributed by atoms with Crippen molar-refractivity contribution in [2.75, 3.05) is 0 Å². The van der Waals surface area contributed by atoms with Crippen molar-refractivity contribution in [3.63, 3.8) is 0 Å². The maximum Gasteiger partial charge on any atom is 0.135 e. The molecule has 68 valence electrons. The molecule has 0 aromatic heterocycles. The van der Waals surface area contributed by atoms with Crippen molar-refractivity contribution in [3.05, 3.63) is 0 Å². The summed E-state index contributed by atoms with van der Waals surface area (Å²) in [5.41, 5.74) is -0.604. The molecule has 2 rings (SSSR count). The minimum atomic E-state index is -0.604. The Labute approximate surface area is 73.0 Å². The molecule has 0 aliphatic heterocycles. The highest BCUT2D eigenvalue weighted by atomic mass is 16.3. The van der Waals surface area contributed by atoms with Crippen LogP contribution in [0, 0.1) is 5.92 Å². The first-order valence-electron chi connectivity index (χ1n) is 4.95. The topological polar surface area (TPSA) is 37.3 Å². The standard InChI is InChI=1S/C10H16O2/c11-9-5-4-8-3-1-2-6-10(8,12)7-9/h8,12H,1-7H2/t8-,10+/m1/s1. The largest absolute Gasteiger partial charge is 0.389 e. The second kappa shape index (κ2) is 2.84. The SMILES string of the molecule is O=C1CC[C@H]2CCCC[C@]2(O)C1. The molecule has 0 amide bonds. The summed E-state index contributed by atoms with van der Waals surface area (Å²) in [5.74, 6) is 0.680. The Bertz CT molecular complexity index is 200. The van der Waals surface area contributed by atoms with Crippen molar-refractivity contribution in [2.45, 2.75) is 50.5 Å². The van der Waals surface area contributed by atoms with Gasteiger partial charge in [0.25, 0.3) is 0 Å². The van der Waals surface area contributed by atoms with Crippen LogP contribution in [-0.4, -0.2) is 16.5 Å². The van der Waals surface area contributed by atoms with Crippen molar-refractivity contribution in [1.82, 2.24) is 0 Å². The average Bonchev–Trinajstić information content (AvgIpc) is 2.02. The summed E-state index contributed by atoms with van der Waals surface area (Å²) in [5, 5.41) is 10.1. The van der Waals surface area contributed by atoms with E-state index >= 15 is 0 Å². The maximum absolute atomic E-state index is 11.2. The molecule has 0 spiro atoms. The molecule has 0 aromatic rings. The first-order chi connectivity index (χ1) is 5.71. The van der Waals surface area contributed by atoms with Crippen LogP contribution in [0.3, 0.4) is 0 Å². The number of fused-ring (bicyclic) bond motifs is 1. The van der Waals surface area contributed by atoms with E-state index in [9.17, 15) is 9.90 Å². The zero-order chi connectivity index (χ0) is 8.60. The molecular formula is C10H16O2. The van der Waals surface area contributed by atoms with Gasteiger partial charge in [0, 0.05) is 12.8 Å². The number of Topliss-reactive ketones (excluding diaryl/α,β-unsaturated/α-hetero) is 1. The number of aliphatic hydroxyl groups is 1. The first-order valence-corrected chi connectivity index (χ1v) is 4.95. The van der Waals surface area contributed by atoms with E-state index in [1.54, 1.807) is 0 Å².